The van der Waals surface area contributed by atoms with Crippen molar-refractivity contribution in [2.45, 2.75) is 51.9 Å². The van der Waals surface area contributed by atoms with E-state index in [0.717, 1.165) is 0 Å². The molecule has 0 saturated carbocycles. The minimum Gasteiger partial charge on any atom is -0.438 e. The minimum absolute atomic E-state index is 0.146. The lowest BCUT2D eigenvalue weighted by Gasteiger charge is -2.37. The molecule has 8 heteroatoms. The molecule has 144 valence electrons. The van der Waals surface area contributed by atoms with E-state index in [0.29, 0.717) is 18.5 Å². The van der Waals surface area contributed by atoms with Gasteiger partial charge in [0.15, 0.2) is 11.3 Å². The zero-order valence-corrected chi connectivity index (χ0v) is 16.1. The summed E-state index contributed by atoms with van der Waals surface area (Å²) in [7, 11) is 1.68. The fourth-order valence-corrected chi connectivity index (χ4v) is 3.01. The number of rotatable bonds is 7. The highest BCUT2D eigenvalue weighted by atomic mass is 16.6. The topological polar surface area (TPSA) is 96.7 Å². The van der Waals surface area contributed by atoms with Crippen molar-refractivity contribution in [1.29, 1.82) is 0 Å². The molecule has 0 spiro atoms. The summed E-state index contributed by atoms with van der Waals surface area (Å²) in [5.41, 5.74) is -0.876. The Labute approximate surface area is 153 Å². The maximum Gasteiger partial charge on any atom is 0.412 e. The van der Waals surface area contributed by atoms with Crippen LogP contribution in [0.4, 0.5) is 4.79 Å². The summed E-state index contributed by atoms with van der Waals surface area (Å²) < 4.78 is 6.96. The molecule has 1 saturated heterocycles. The van der Waals surface area contributed by atoms with Crippen LogP contribution in [0.2, 0.25) is 0 Å². The van der Waals surface area contributed by atoms with Crippen molar-refractivity contribution in [3.8, 4) is 0 Å². The van der Waals surface area contributed by atoms with E-state index in [9.17, 15) is 14.7 Å². The Balaban J connectivity index is 1.96. The zero-order chi connectivity index (χ0) is 19.5. The number of hydrogen-bond acceptors (Lipinski definition) is 5. The predicted octanol–water partition coefficient (Wildman–Crippen LogP) is 1.82. The van der Waals surface area contributed by atoms with Crippen LogP contribution in [0.5, 0.6) is 0 Å². The first-order valence-electron chi connectivity index (χ1n) is 8.71. The average Bonchev–Trinajstić information content (AvgIpc) is 3.02. The van der Waals surface area contributed by atoms with Gasteiger partial charge < -0.3 is 15.2 Å². The molecule has 2 rings (SSSR count). The Morgan fingerprint density at radius 3 is 2.69 bits per heavy atom. The zero-order valence-electron chi connectivity index (χ0n) is 16.1. The molecular weight excluding hydrogens is 336 g/mol. The summed E-state index contributed by atoms with van der Waals surface area (Å²) in [4.78, 5) is 25.6. The molecule has 0 aliphatic carbocycles. The van der Waals surface area contributed by atoms with Crippen molar-refractivity contribution >= 4 is 12.0 Å². The summed E-state index contributed by atoms with van der Waals surface area (Å²) in [6.07, 6.45) is 4.22. The lowest BCUT2D eigenvalue weighted by atomic mass is 9.88. The molecule has 1 aliphatic rings. The van der Waals surface area contributed by atoms with Crippen molar-refractivity contribution in [3.05, 3.63) is 29.6 Å². The molecule has 0 unspecified atom stereocenters. The molecule has 1 fully saturated rings. The Morgan fingerprint density at radius 1 is 1.42 bits per heavy atom. The van der Waals surface area contributed by atoms with E-state index in [4.69, 9.17) is 4.74 Å². The smallest absolute Gasteiger partial charge is 0.412 e. The fraction of sp³-hybridized carbons (Fsp3) is 0.611. The van der Waals surface area contributed by atoms with Crippen LogP contribution >= 0.6 is 0 Å². The van der Waals surface area contributed by atoms with E-state index >= 15 is 0 Å². The van der Waals surface area contributed by atoms with Crippen LogP contribution in [0.15, 0.2) is 23.9 Å². The third-order valence-corrected chi connectivity index (χ3v) is 4.91. The van der Waals surface area contributed by atoms with Crippen molar-refractivity contribution in [1.82, 2.24) is 20.0 Å². The Hall–Kier alpha value is -2.35. The maximum atomic E-state index is 12.3. The first-order valence-corrected chi connectivity index (χ1v) is 8.71. The van der Waals surface area contributed by atoms with E-state index in [1.54, 1.807) is 27.0 Å². The van der Waals surface area contributed by atoms with Gasteiger partial charge in [0.25, 0.3) is 5.91 Å². The van der Waals surface area contributed by atoms with E-state index in [-0.39, 0.29) is 19.0 Å². The Morgan fingerprint density at radius 2 is 2.12 bits per heavy atom. The lowest BCUT2D eigenvalue weighted by Crippen LogP contribution is -2.56. The van der Waals surface area contributed by atoms with Gasteiger partial charge in [-0.05, 0) is 46.6 Å². The summed E-state index contributed by atoms with van der Waals surface area (Å²) in [6, 6.07) is 1.61. The molecule has 26 heavy (non-hydrogen) atoms. The molecule has 0 bridgehead atoms. The van der Waals surface area contributed by atoms with Gasteiger partial charge in [0.1, 0.15) is 5.69 Å². The number of nitrogens with zero attached hydrogens (tertiary/aromatic N) is 3. The summed E-state index contributed by atoms with van der Waals surface area (Å²) in [5.74, 6) is -0.288. The van der Waals surface area contributed by atoms with Gasteiger partial charge in [0.05, 0.1) is 0 Å². The molecule has 2 heterocycles. The number of aliphatic hydroxyl groups is 1. The molecule has 1 aromatic rings. The first kappa shape index (κ1) is 20.0. The number of hydrogen-bond donors (Lipinski definition) is 2. The second-order valence-electron chi connectivity index (χ2n) is 7.19. The Bertz CT molecular complexity index is 706. The number of aromatic nitrogens is 2. The highest BCUT2D eigenvalue weighted by Gasteiger charge is 2.58. The third kappa shape index (κ3) is 3.90. The van der Waals surface area contributed by atoms with Gasteiger partial charge in [-0.2, -0.15) is 5.10 Å². The molecule has 1 aliphatic heterocycles. The molecule has 2 amide bonds. The van der Waals surface area contributed by atoms with Crippen molar-refractivity contribution in [2.24, 2.45) is 7.05 Å². The number of cyclic esters (lactones) is 1. The number of carbonyl (C=O) groups excluding carboxylic acids is 2. The van der Waals surface area contributed by atoms with Crippen LogP contribution < -0.4 is 5.32 Å². The lowest BCUT2D eigenvalue weighted by molar-refractivity contribution is -0.138. The molecular formula is C18H28N4O4. The maximum absolute atomic E-state index is 12.3. The summed E-state index contributed by atoms with van der Waals surface area (Å²) in [6.45, 7) is 7.64. The standard InChI is InChI=1S/C18H28N4O4/c1-13(2)7-6-9-17(3)18(4,25)22(16(24)26-17)12-11-19-15(23)14-8-10-20-21(14)5/h7-8,10,25H,6,9,11-12H2,1-5H3,(H,19,23)/t17-,18+/m1/s1. The third-order valence-electron chi connectivity index (χ3n) is 4.91. The molecule has 8 nitrogen and oxygen atoms in total. The molecule has 2 atom stereocenters. The second-order valence-corrected chi connectivity index (χ2v) is 7.19. The number of allylic oxidation sites excluding steroid dienone is 2. The summed E-state index contributed by atoms with van der Waals surface area (Å²) in [5, 5.41) is 17.6. The molecule has 0 aromatic carbocycles. The van der Waals surface area contributed by atoms with Gasteiger partial charge in [0.2, 0.25) is 0 Å². The predicted molar refractivity (Wildman–Crippen MR) is 96.4 cm³/mol. The number of amides is 2. The van der Waals surface area contributed by atoms with Crippen molar-refractivity contribution < 1.29 is 19.4 Å². The number of carbonyl (C=O) groups is 2. The number of nitrogens with one attached hydrogen (secondary N) is 1. The monoisotopic (exact) mass is 364 g/mol. The minimum atomic E-state index is -1.46. The van der Waals surface area contributed by atoms with Gasteiger partial charge in [-0.1, -0.05) is 11.6 Å². The quantitative estimate of drug-likeness (QED) is 0.720. The van der Waals surface area contributed by atoms with Crippen LogP contribution in [0, 0.1) is 0 Å². The van der Waals surface area contributed by atoms with E-state index in [2.05, 4.69) is 10.4 Å². The first-order chi connectivity index (χ1) is 12.1. The molecule has 2 N–H and O–H groups in total. The molecule has 0 radical (unpaired) electrons. The van der Waals surface area contributed by atoms with Crippen molar-refractivity contribution in [3.63, 3.8) is 0 Å². The van der Waals surface area contributed by atoms with Gasteiger partial charge in [-0.15, -0.1) is 0 Å². The normalized spacial score (nSPS) is 25.2. The summed E-state index contributed by atoms with van der Waals surface area (Å²) >= 11 is 0. The SMILES string of the molecule is CC(C)=CCC[C@@]1(C)OC(=O)N(CCNC(=O)c2ccnn2C)[C@@]1(C)O. The number of aryl methyl sites for hydroxylation is 1. The highest BCUT2D eigenvalue weighted by molar-refractivity contribution is 5.92. The fourth-order valence-electron chi connectivity index (χ4n) is 3.01. The van der Waals surface area contributed by atoms with Crippen LogP contribution in [-0.4, -0.2) is 56.2 Å². The van der Waals surface area contributed by atoms with Crippen LogP contribution in [0.25, 0.3) is 0 Å². The van der Waals surface area contributed by atoms with Gasteiger partial charge >= 0.3 is 6.09 Å². The van der Waals surface area contributed by atoms with Crippen molar-refractivity contribution in [2.75, 3.05) is 13.1 Å². The van der Waals surface area contributed by atoms with Crippen LogP contribution in [-0.2, 0) is 11.8 Å². The Kier molecular flexibility index (Phi) is 5.75. The number of ether oxygens (including phenoxy) is 1. The largest absolute Gasteiger partial charge is 0.438 e. The second kappa shape index (κ2) is 7.49. The highest BCUT2D eigenvalue weighted by Crippen LogP contribution is 2.40. The van der Waals surface area contributed by atoms with Gasteiger partial charge in [-0.3, -0.25) is 14.4 Å². The van der Waals surface area contributed by atoms with E-state index in [1.165, 1.54) is 21.4 Å². The van der Waals surface area contributed by atoms with Gasteiger partial charge in [0, 0.05) is 26.3 Å². The van der Waals surface area contributed by atoms with Gasteiger partial charge in [-0.25, -0.2) is 4.79 Å². The average molecular weight is 364 g/mol. The van der Waals surface area contributed by atoms with Crippen LogP contribution in [0.3, 0.4) is 0 Å². The molecule has 1 aromatic heterocycles. The van der Waals surface area contributed by atoms with Crippen LogP contribution in [0.1, 0.15) is 51.0 Å². The van der Waals surface area contributed by atoms with E-state index in [1.807, 2.05) is 19.9 Å². The van der Waals surface area contributed by atoms with E-state index < -0.39 is 17.4 Å².